The summed E-state index contributed by atoms with van der Waals surface area (Å²) < 4.78 is 6.64. The lowest BCUT2D eigenvalue weighted by Gasteiger charge is -2.50. The van der Waals surface area contributed by atoms with Crippen LogP contribution in [0.1, 0.15) is 144 Å². The average molecular weight is 540 g/mol. The minimum atomic E-state index is -0.0613. The van der Waals surface area contributed by atoms with E-state index in [1.165, 1.54) is 63.4 Å². The Bertz CT molecular complexity index is 947. The fraction of sp³-hybridized carbons (Fsp3) is 0.833. The van der Waals surface area contributed by atoms with Crippen molar-refractivity contribution >= 4 is 0 Å². The summed E-state index contributed by atoms with van der Waals surface area (Å²) in [4.78, 5) is 0. The highest BCUT2D eigenvalue weighted by Crippen LogP contribution is 2.44. The van der Waals surface area contributed by atoms with Gasteiger partial charge in [0, 0.05) is 16.6 Å². The monoisotopic (exact) mass is 539 g/mol. The van der Waals surface area contributed by atoms with E-state index in [1.807, 2.05) is 0 Å². The molecule has 1 aromatic carbocycles. The van der Waals surface area contributed by atoms with Gasteiger partial charge in [0.15, 0.2) is 0 Å². The maximum atomic E-state index is 11.3. The summed E-state index contributed by atoms with van der Waals surface area (Å²) in [6, 6.07) is 4.49. The van der Waals surface area contributed by atoms with Gasteiger partial charge in [-0.2, -0.15) is 0 Å². The molecule has 0 amide bonds. The first-order valence-corrected chi connectivity index (χ1v) is 16.2. The van der Waals surface area contributed by atoms with Crippen molar-refractivity contribution in [3.63, 3.8) is 0 Å². The van der Waals surface area contributed by atoms with Gasteiger partial charge in [0.05, 0.1) is 12.7 Å². The SMILES string of the molecule is CC1(C)CC(C2CCC(C3CCC(CCc4ccc(C(C)(C)C)c(O)c4C(C)(C)C)CC3)OC2)CC(C)(C)N1. The summed E-state index contributed by atoms with van der Waals surface area (Å²) >= 11 is 0. The molecule has 0 aromatic heterocycles. The van der Waals surface area contributed by atoms with Crippen molar-refractivity contribution in [2.45, 2.75) is 161 Å². The average Bonchev–Trinajstić information content (AvgIpc) is 2.79. The number of piperidine rings is 1. The van der Waals surface area contributed by atoms with E-state index in [1.54, 1.807) is 0 Å². The van der Waals surface area contributed by atoms with Crippen LogP contribution < -0.4 is 5.32 Å². The molecule has 2 saturated heterocycles. The fourth-order valence-corrected chi connectivity index (χ4v) is 8.76. The number of nitrogens with one attached hydrogen (secondary N) is 1. The summed E-state index contributed by atoms with van der Waals surface area (Å²) in [6.07, 6.45) is 13.3. The van der Waals surface area contributed by atoms with Gasteiger partial charge >= 0.3 is 0 Å². The third kappa shape index (κ3) is 7.62. The molecule has 0 spiro atoms. The van der Waals surface area contributed by atoms with Crippen LogP contribution in [-0.2, 0) is 22.0 Å². The van der Waals surface area contributed by atoms with Crippen LogP contribution >= 0.6 is 0 Å². The largest absolute Gasteiger partial charge is 0.507 e. The first-order chi connectivity index (χ1) is 18.0. The first-order valence-electron chi connectivity index (χ1n) is 16.2. The molecule has 222 valence electrons. The van der Waals surface area contributed by atoms with Gasteiger partial charge in [-0.1, -0.05) is 66.5 Å². The number of hydrogen-bond acceptors (Lipinski definition) is 3. The van der Waals surface area contributed by atoms with Crippen molar-refractivity contribution in [1.29, 1.82) is 0 Å². The molecule has 2 unspecified atom stereocenters. The lowest BCUT2D eigenvalue weighted by atomic mass is 9.68. The molecule has 1 aromatic rings. The van der Waals surface area contributed by atoms with Crippen LogP contribution in [0.5, 0.6) is 5.75 Å². The Morgan fingerprint density at radius 1 is 0.795 bits per heavy atom. The van der Waals surface area contributed by atoms with Gasteiger partial charge in [0.1, 0.15) is 5.75 Å². The Balaban J connectivity index is 1.28. The standard InChI is InChI=1S/C36H61NO2/c1-33(2,3)29-19-17-26(31(32(29)38)34(4,5)6)16-13-24-11-14-25(15-12-24)30-20-18-27(23-39-30)28-21-35(7,8)37-36(9,10)22-28/h17,19,24-25,27-28,30,37-38H,11-16,18,20-23H2,1-10H3. The molecule has 2 N–H and O–H groups in total. The van der Waals surface area contributed by atoms with Gasteiger partial charge in [0.25, 0.3) is 0 Å². The highest BCUT2D eigenvalue weighted by atomic mass is 16.5. The second-order valence-corrected chi connectivity index (χ2v) is 17.1. The topological polar surface area (TPSA) is 41.5 Å². The molecular weight excluding hydrogens is 478 g/mol. The maximum Gasteiger partial charge on any atom is 0.123 e. The molecule has 2 atom stereocenters. The quantitative estimate of drug-likeness (QED) is 0.392. The molecule has 2 aliphatic heterocycles. The number of rotatable bonds is 5. The summed E-state index contributed by atoms with van der Waals surface area (Å²) in [5, 5.41) is 15.1. The van der Waals surface area contributed by atoms with E-state index in [0.29, 0.717) is 11.9 Å². The summed E-state index contributed by atoms with van der Waals surface area (Å²) in [7, 11) is 0. The highest BCUT2D eigenvalue weighted by Gasteiger charge is 2.42. The Morgan fingerprint density at radius 2 is 1.38 bits per heavy atom. The van der Waals surface area contributed by atoms with Gasteiger partial charge < -0.3 is 15.2 Å². The number of hydrogen-bond donors (Lipinski definition) is 2. The molecule has 3 fully saturated rings. The second-order valence-electron chi connectivity index (χ2n) is 17.1. The van der Waals surface area contributed by atoms with E-state index in [0.717, 1.165) is 47.8 Å². The zero-order valence-electron chi connectivity index (χ0n) is 27.2. The van der Waals surface area contributed by atoms with Crippen molar-refractivity contribution in [2.24, 2.45) is 23.7 Å². The molecule has 3 heteroatoms. The number of phenolic OH excluding ortho intramolecular Hbond substituents is 1. The Kier molecular flexibility index (Phi) is 8.96. The molecule has 0 bridgehead atoms. The molecule has 39 heavy (non-hydrogen) atoms. The lowest BCUT2D eigenvalue weighted by molar-refractivity contribution is -0.0799. The minimum Gasteiger partial charge on any atom is -0.507 e. The van der Waals surface area contributed by atoms with E-state index in [9.17, 15) is 5.11 Å². The number of benzene rings is 1. The van der Waals surface area contributed by atoms with Crippen LogP contribution in [0.3, 0.4) is 0 Å². The van der Waals surface area contributed by atoms with Crippen molar-refractivity contribution in [2.75, 3.05) is 6.61 Å². The van der Waals surface area contributed by atoms with Crippen molar-refractivity contribution < 1.29 is 9.84 Å². The number of aromatic hydroxyl groups is 1. The van der Waals surface area contributed by atoms with E-state index >= 15 is 0 Å². The summed E-state index contributed by atoms with van der Waals surface area (Å²) in [6.45, 7) is 23.8. The van der Waals surface area contributed by atoms with Gasteiger partial charge in [-0.25, -0.2) is 0 Å². The van der Waals surface area contributed by atoms with Gasteiger partial charge in [-0.3, -0.25) is 0 Å². The van der Waals surface area contributed by atoms with Gasteiger partial charge in [0.2, 0.25) is 0 Å². The zero-order valence-corrected chi connectivity index (χ0v) is 27.2. The van der Waals surface area contributed by atoms with E-state index in [2.05, 4.69) is 86.7 Å². The van der Waals surface area contributed by atoms with Gasteiger partial charge in [-0.05, 0) is 125 Å². The predicted octanol–water partition coefficient (Wildman–Crippen LogP) is 9.08. The van der Waals surface area contributed by atoms with Crippen molar-refractivity contribution in [1.82, 2.24) is 5.32 Å². The van der Waals surface area contributed by atoms with Crippen LogP contribution in [0.15, 0.2) is 12.1 Å². The zero-order chi connectivity index (χ0) is 28.8. The number of ether oxygens (including phenoxy) is 1. The smallest absolute Gasteiger partial charge is 0.123 e. The van der Waals surface area contributed by atoms with Crippen LogP contribution in [0.4, 0.5) is 0 Å². The lowest BCUT2D eigenvalue weighted by Crippen LogP contribution is -2.59. The third-order valence-electron chi connectivity index (χ3n) is 10.3. The van der Waals surface area contributed by atoms with Crippen LogP contribution in [-0.4, -0.2) is 28.9 Å². The molecule has 3 nitrogen and oxygen atoms in total. The third-order valence-corrected chi connectivity index (χ3v) is 10.3. The highest BCUT2D eigenvalue weighted by molar-refractivity contribution is 5.51. The van der Waals surface area contributed by atoms with Crippen molar-refractivity contribution in [3.05, 3.63) is 28.8 Å². The molecular formula is C36H61NO2. The Hall–Kier alpha value is -1.06. The van der Waals surface area contributed by atoms with Crippen LogP contribution in [0.2, 0.25) is 0 Å². The maximum absolute atomic E-state index is 11.3. The van der Waals surface area contributed by atoms with Gasteiger partial charge in [-0.15, -0.1) is 0 Å². The van der Waals surface area contributed by atoms with Crippen LogP contribution in [0, 0.1) is 23.7 Å². The first kappa shape index (κ1) is 30.9. The minimum absolute atomic E-state index is 0.0526. The van der Waals surface area contributed by atoms with Crippen molar-refractivity contribution in [3.8, 4) is 5.75 Å². The van der Waals surface area contributed by atoms with E-state index in [4.69, 9.17) is 4.74 Å². The number of aryl methyl sites for hydroxylation is 1. The van der Waals surface area contributed by atoms with Crippen LogP contribution in [0.25, 0.3) is 0 Å². The molecule has 2 heterocycles. The number of phenols is 1. The Morgan fingerprint density at radius 3 is 1.90 bits per heavy atom. The molecule has 1 aliphatic carbocycles. The predicted molar refractivity (Wildman–Crippen MR) is 166 cm³/mol. The van der Waals surface area contributed by atoms with E-state index < -0.39 is 0 Å². The molecule has 1 saturated carbocycles. The molecule has 3 aliphatic rings. The molecule has 4 rings (SSSR count). The Labute approximate surface area is 241 Å². The fourth-order valence-electron chi connectivity index (χ4n) is 8.76. The summed E-state index contributed by atoms with van der Waals surface area (Å²) in [5.74, 6) is 3.59. The molecule has 0 radical (unpaired) electrons. The summed E-state index contributed by atoms with van der Waals surface area (Å²) in [5.41, 5.74) is 3.91. The second kappa shape index (κ2) is 11.3. The van der Waals surface area contributed by atoms with E-state index in [-0.39, 0.29) is 21.9 Å². The normalized spacial score (nSPS) is 30.3.